The van der Waals surface area contributed by atoms with Gasteiger partial charge < -0.3 is 0 Å². The number of rotatable bonds is 5. The fourth-order valence-electron chi connectivity index (χ4n) is 3.97. The largest absolute Gasteiger partial charge is 0.217 e. The van der Waals surface area contributed by atoms with Gasteiger partial charge in [0.15, 0.2) is 24.8 Å². The third-order valence-corrected chi connectivity index (χ3v) is 5.65. The first-order valence-corrected chi connectivity index (χ1v) is 10.8. The molecule has 2 aromatic carbocycles. The summed E-state index contributed by atoms with van der Waals surface area (Å²) in [6, 6.07) is 25.9. The number of aromatic nitrogens is 2. The molecule has 0 saturated heterocycles. The summed E-state index contributed by atoms with van der Waals surface area (Å²) in [4.78, 5) is 0. The summed E-state index contributed by atoms with van der Waals surface area (Å²) in [6.07, 6.45) is 8.63. The quantitative estimate of drug-likeness (QED) is 0.359. The Labute approximate surface area is 180 Å². The molecule has 150 valence electrons. The van der Waals surface area contributed by atoms with Crippen LogP contribution in [0.2, 0.25) is 0 Å². The second kappa shape index (κ2) is 8.62. The number of para-hydroxylation sites is 2. The zero-order valence-corrected chi connectivity index (χ0v) is 18.3. The van der Waals surface area contributed by atoms with Crippen LogP contribution >= 0.6 is 0 Å². The molecule has 0 saturated carbocycles. The van der Waals surface area contributed by atoms with E-state index in [0.717, 1.165) is 0 Å². The van der Waals surface area contributed by atoms with Gasteiger partial charge in [-0.3, -0.25) is 0 Å². The molecule has 0 radical (unpaired) electrons. The summed E-state index contributed by atoms with van der Waals surface area (Å²) in [5.74, 6) is 0.960. The van der Waals surface area contributed by atoms with Gasteiger partial charge in [-0.25, -0.2) is 0 Å². The zero-order valence-electron chi connectivity index (χ0n) is 18.3. The van der Waals surface area contributed by atoms with Crippen molar-refractivity contribution in [3.05, 3.63) is 109 Å². The van der Waals surface area contributed by atoms with Crippen LogP contribution < -0.4 is 9.13 Å². The van der Waals surface area contributed by atoms with Gasteiger partial charge in [-0.15, -0.1) is 0 Å². The highest BCUT2D eigenvalue weighted by Gasteiger charge is 2.21. The maximum Gasteiger partial charge on any atom is 0.217 e. The molecule has 0 fully saturated rings. The van der Waals surface area contributed by atoms with Crippen LogP contribution in [0.1, 0.15) is 50.7 Å². The number of pyridine rings is 2. The Morgan fingerprint density at radius 2 is 0.967 bits per heavy atom. The van der Waals surface area contributed by atoms with Crippen LogP contribution in [0, 0.1) is 0 Å². The minimum absolute atomic E-state index is 0.480. The summed E-state index contributed by atoms with van der Waals surface area (Å²) in [5.41, 5.74) is 7.71. The van der Waals surface area contributed by atoms with Crippen molar-refractivity contribution in [3.8, 4) is 22.5 Å². The van der Waals surface area contributed by atoms with Gasteiger partial charge in [0, 0.05) is 47.5 Å². The van der Waals surface area contributed by atoms with Crippen molar-refractivity contribution in [1.29, 1.82) is 0 Å². The van der Waals surface area contributed by atoms with Crippen LogP contribution in [-0.2, 0) is 0 Å². The number of benzene rings is 2. The Morgan fingerprint density at radius 3 is 1.43 bits per heavy atom. The first kappa shape index (κ1) is 20.0. The maximum atomic E-state index is 2.28. The van der Waals surface area contributed by atoms with Crippen LogP contribution in [0.4, 0.5) is 0 Å². The molecule has 4 aromatic rings. The van der Waals surface area contributed by atoms with Crippen LogP contribution in [0.5, 0.6) is 0 Å². The Kier molecular flexibility index (Phi) is 5.76. The van der Waals surface area contributed by atoms with Gasteiger partial charge in [0.05, 0.1) is 0 Å². The molecule has 30 heavy (non-hydrogen) atoms. The van der Waals surface area contributed by atoms with Crippen molar-refractivity contribution in [2.24, 2.45) is 0 Å². The van der Waals surface area contributed by atoms with E-state index in [1.165, 1.54) is 33.6 Å². The van der Waals surface area contributed by atoms with Crippen molar-refractivity contribution in [1.82, 2.24) is 0 Å². The van der Waals surface area contributed by atoms with Crippen molar-refractivity contribution >= 4 is 0 Å². The van der Waals surface area contributed by atoms with E-state index in [-0.39, 0.29) is 0 Å². The lowest BCUT2D eigenvalue weighted by Crippen LogP contribution is -2.33. The molecule has 0 N–H and O–H groups in total. The Balaban J connectivity index is 1.67. The smallest absolute Gasteiger partial charge is 0.167 e. The third-order valence-electron chi connectivity index (χ3n) is 5.65. The van der Waals surface area contributed by atoms with Gasteiger partial charge in [-0.2, -0.15) is 9.13 Å². The van der Waals surface area contributed by atoms with Gasteiger partial charge >= 0.3 is 0 Å². The molecule has 0 atom stereocenters. The summed E-state index contributed by atoms with van der Waals surface area (Å²) in [7, 11) is 0. The fourth-order valence-corrected chi connectivity index (χ4v) is 3.97. The minimum atomic E-state index is 0.480. The molecule has 0 spiro atoms. The molecule has 0 unspecified atom stereocenters. The number of hydrogen-bond donors (Lipinski definition) is 0. The second-order valence-electron chi connectivity index (χ2n) is 8.42. The first-order chi connectivity index (χ1) is 14.5. The zero-order chi connectivity index (χ0) is 21.1. The highest BCUT2D eigenvalue weighted by atomic mass is 14.9. The Morgan fingerprint density at radius 1 is 0.500 bits per heavy atom. The third kappa shape index (κ3) is 4.04. The lowest BCUT2D eigenvalue weighted by Gasteiger charge is -2.14. The predicted molar refractivity (Wildman–Crippen MR) is 123 cm³/mol. The molecule has 4 rings (SSSR count). The van der Waals surface area contributed by atoms with E-state index in [9.17, 15) is 0 Å². The molecule has 0 aliphatic rings. The van der Waals surface area contributed by atoms with Gasteiger partial charge in [-0.05, 0) is 23.0 Å². The summed E-state index contributed by atoms with van der Waals surface area (Å²) in [6.45, 7) is 9.07. The minimum Gasteiger partial charge on any atom is -0.167 e. The number of nitrogens with zero attached hydrogens (tertiary/aromatic N) is 2. The van der Waals surface area contributed by atoms with Crippen LogP contribution in [-0.4, -0.2) is 0 Å². The molecule has 0 aliphatic heterocycles. The molecule has 0 bridgehead atoms. The molecule has 0 aliphatic carbocycles. The second-order valence-corrected chi connectivity index (χ2v) is 8.42. The predicted octanol–water partition coefficient (Wildman–Crippen LogP) is 6.15. The highest BCUT2D eigenvalue weighted by molar-refractivity contribution is 5.61. The van der Waals surface area contributed by atoms with Gasteiger partial charge in [0.1, 0.15) is 0 Å². The topological polar surface area (TPSA) is 7.76 Å². The first-order valence-electron chi connectivity index (χ1n) is 10.8. The molecule has 0 amide bonds. The van der Waals surface area contributed by atoms with E-state index in [0.29, 0.717) is 11.8 Å². The average Bonchev–Trinajstić information content (AvgIpc) is 2.79. The summed E-state index contributed by atoms with van der Waals surface area (Å²) >= 11 is 0. The maximum absolute atomic E-state index is 2.28. The molecular formula is C28H30N2+2. The van der Waals surface area contributed by atoms with Crippen molar-refractivity contribution in [2.45, 2.75) is 39.5 Å². The van der Waals surface area contributed by atoms with E-state index < -0.39 is 0 Å². The average molecular weight is 395 g/mol. The van der Waals surface area contributed by atoms with Crippen molar-refractivity contribution < 1.29 is 9.13 Å². The van der Waals surface area contributed by atoms with E-state index in [1.807, 2.05) is 6.07 Å². The lowest BCUT2D eigenvalue weighted by atomic mass is 9.92. The van der Waals surface area contributed by atoms with E-state index in [2.05, 4.69) is 128 Å². The summed E-state index contributed by atoms with van der Waals surface area (Å²) < 4.78 is 4.42. The standard InChI is InChI=1S/C28H30N2/c1-21(2)26-11-8-12-27(22(3)4)28(26)30-19-15-24(16-20-30)23-13-17-29(18-14-23)25-9-6-5-7-10-25/h5-22H,1-4H3/q+2. The van der Waals surface area contributed by atoms with Crippen LogP contribution in [0.15, 0.2) is 97.6 Å². The summed E-state index contributed by atoms with van der Waals surface area (Å²) in [5, 5.41) is 0. The van der Waals surface area contributed by atoms with Crippen LogP contribution in [0.3, 0.4) is 0 Å². The SMILES string of the molecule is CC(C)c1cccc(C(C)C)c1-[n+]1ccc(-c2cc[n+](-c3ccccc3)cc2)cc1. The molecule has 2 nitrogen and oxygen atoms in total. The fraction of sp³-hybridized carbons (Fsp3) is 0.214. The molecule has 2 heterocycles. The van der Waals surface area contributed by atoms with E-state index >= 15 is 0 Å². The van der Waals surface area contributed by atoms with Gasteiger partial charge in [-0.1, -0.05) is 64.1 Å². The Hall–Kier alpha value is -3.26. The van der Waals surface area contributed by atoms with Crippen LogP contribution in [0.25, 0.3) is 22.5 Å². The van der Waals surface area contributed by atoms with Gasteiger partial charge in [0.25, 0.3) is 0 Å². The Bertz CT molecular complexity index is 1080. The van der Waals surface area contributed by atoms with Crippen molar-refractivity contribution in [3.63, 3.8) is 0 Å². The molecular weight excluding hydrogens is 364 g/mol. The van der Waals surface area contributed by atoms with E-state index in [1.54, 1.807) is 0 Å². The molecule has 2 heteroatoms. The molecule has 2 aromatic heterocycles. The lowest BCUT2D eigenvalue weighted by molar-refractivity contribution is -0.597. The number of hydrogen-bond acceptors (Lipinski definition) is 0. The highest BCUT2D eigenvalue weighted by Crippen LogP contribution is 2.28. The van der Waals surface area contributed by atoms with Crippen molar-refractivity contribution in [2.75, 3.05) is 0 Å². The monoisotopic (exact) mass is 394 g/mol. The van der Waals surface area contributed by atoms with E-state index in [4.69, 9.17) is 0 Å². The van der Waals surface area contributed by atoms with Gasteiger partial charge in [0.2, 0.25) is 11.4 Å². The normalized spacial score (nSPS) is 11.3.